The van der Waals surface area contributed by atoms with E-state index in [1.807, 2.05) is 24.3 Å². The van der Waals surface area contributed by atoms with Crippen LogP contribution in [0.15, 0.2) is 72.8 Å². The smallest absolute Gasteiger partial charge is 0.258 e. The van der Waals surface area contributed by atoms with E-state index in [1.54, 1.807) is 12.1 Å². The van der Waals surface area contributed by atoms with Gasteiger partial charge in [-0.1, -0.05) is 30.4 Å². The second-order valence-electron chi connectivity index (χ2n) is 5.63. The zero-order chi connectivity index (χ0) is 17.6. The predicted molar refractivity (Wildman–Crippen MR) is 101 cm³/mol. The second-order valence-corrected chi connectivity index (χ2v) is 5.63. The fourth-order valence-corrected chi connectivity index (χ4v) is 2.80. The Labute approximate surface area is 146 Å². The van der Waals surface area contributed by atoms with Gasteiger partial charge in [0.05, 0.1) is 4.92 Å². The van der Waals surface area contributed by atoms with Gasteiger partial charge < -0.3 is 0 Å². The molecule has 124 valence electrons. The topological polar surface area (TPSA) is 47.0 Å². The highest BCUT2D eigenvalue weighted by Gasteiger charge is 2.10. The lowest BCUT2D eigenvalue weighted by molar-refractivity contribution is -0.669. The van der Waals surface area contributed by atoms with Crippen molar-refractivity contribution in [2.45, 2.75) is 13.5 Å². The quantitative estimate of drug-likeness (QED) is 0.292. The average molecular weight is 331 g/mol. The SMILES string of the molecule is CC[n+]1c(/C=C/C=C/c2ccc([N+](=O)[O-])cc2)ccc2ccccc21. The van der Waals surface area contributed by atoms with Crippen molar-refractivity contribution in [1.82, 2.24) is 0 Å². The number of aryl methyl sites for hydroxylation is 1. The van der Waals surface area contributed by atoms with Crippen LogP contribution in [-0.4, -0.2) is 4.92 Å². The van der Waals surface area contributed by atoms with E-state index in [2.05, 4.69) is 47.9 Å². The summed E-state index contributed by atoms with van der Waals surface area (Å²) in [6.45, 7) is 3.03. The molecular formula is C21H19N2O2+. The summed E-state index contributed by atoms with van der Waals surface area (Å²) in [5.74, 6) is 0. The van der Waals surface area contributed by atoms with Gasteiger partial charge in [0.2, 0.25) is 11.2 Å². The van der Waals surface area contributed by atoms with Crippen LogP contribution in [0.2, 0.25) is 0 Å². The Hall–Kier alpha value is -3.27. The molecule has 1 aromatic heterocycles. The monoisotopic (exact) mass is 331 g/mol. The molecule has 0 unspecified atom stereocenters. The molecule has 4 nitrogen and oxygen atoms in total. The number of aromatic nitrogens is 1. The summed E-state index contributed by atoms with van der Waals surface area (Å²) in [6, 6.07) is 19.1. The lowest BCUT2D eigenvalue weighted by atomic mass is 10.1. The van der Waals surface area contributed by atoms with E-state index in [0.29, 0.717) is 0 Å². The number of benzene rings is 2. The molecule has 0 bridgehead atoms. The van der Waals surface area contributed by atoms with Crippen molar-refractivity contribution >= 4 is 28.7 Å². The van der Waals surface area contributed by atoms with Crippen LogP contribution in [0.3, 0.4) is 0 Å². The third-order valence-electron chi connectivity index (χ3n) is 4.06. The summed E-state index contributed by atoms with van der Waals surface area (Å²) in [5.41, 5.74) is 3.38. The number of hydrogen-bond acceptors (Lipinski definition) is 2. The van der Waals surface area contributed by atoms with E-state index < -0.39 is 4.92 Å². The molecule has 0 spiro atoms. The maximum absolute atomic E-state index is 10.7. The summed E-state index contributed by atoms with van der Waals surface area (Å²) >= 11 is 0. The van der Waals surface area contributed by atoms with Crippen molar-refractivity contribution in [3.63, 3.8) is 0 Å². The maximum atomic E-state index is 10.7. The largest absolute Gasteiger partial charge is 0.269 e. The summed E-state index contributed by atoms with van der Waals surface area (Å²) in [5, 5.41) is 11.9. The molecule has 0 fully saturated rings. The van der Waals surface area contributed by atoms with Gasteiger partial charge in [-0.25, -0.2) is 0 Å². The first kappa shape index (κ1) is 16.6. The van der Waals surface area contributed by atoms with E-state index >= 15 is 0 Å². The highest BCUT2D eigenvalue weighted by atomic mass is 16.6. The minimum atomic E-state index is -0.392. The van der Waals surface area contributed by atoms with Crippen molar-refractivity contribution < 1.29 is 9.49 Å². The second kappa shape index (κ2) is 7.53. The first-order chi connectivity index (χ1) is 12.2. The highest BCUT2D eigenvalue weighted by Crippen LogP contribution is 2.14. The Morgan fingerprint density at radius 3 is 2.40 bits per heavy atom. The number of rotatable bonds is 5. The van der Waals surface area contributed by atoms with Gasteiger partial charge in [-0.15, -0.1) is 0 Å². The number of pyridine rings is 1. The third kappa shape index (κ3) is 3.80. The van der Waals surface area contributed by atoms with Crippen molar-refractivity contribution in [1.29, 1.82) is 0 Å². The number of nitro benzene ring substituents is 1. The average Bonchev–Trinajstić information content (AvgIpc) is 2.65. The number of para-hydroxylation sites is 1. The molecule has 3 rings (SSSR count). The number of hydrogen-bond donors (Lipinski definition) is 0. The Morgan fingerprint density at radius 1 is 0.960 bits per heavy atom. The van der Waals surface area contributed by atoms with Crippen LogP contribution in [0.5, 0.6) is 0 Å². The lowest BCUT2D eigenvalue weighted by Crippen LogP contribution is -2.36. The van der Waals surface area contributed by atoms with E-state index in [1.165, 1.54) is 23.0 Å². The van der Waals surface area contributed by atoms with Crippen LogP contribution in [0.25, 0.3) is 23.1 Å². The van der Waals surface area contributed by atoms with Crippen molar-refractivity contribution in [2.24, 2.45) is 0 Å². The molecule has 3 aromatic rings. The van der Waals surface area contributed by atoms with Crippen LogP contribution >= 0.6 is 0 Å². The molecule has 0 aliphatic rings. The lowest BCUT2D eigenvalue weighted by Gasteiger charge is -2.02. The van der Waals surface area contributed by atoms with Crippen LogP contribution in [0.4, 0.5) is 5.69 Å². The Morgan fingerprint density at radius 2 is 1.68 bits per heavy atom. The summed E-state index contributed by atoms with van der Waals surface area (Å²) in [7, 11) is 0. The molecule has 2 aromatic carbocycles. The van der Waals surface area contributed by atoms with E-state index in [-0.39, 0.29) is 5.69 Å². The maximum Gasteiger partial charge on any atom is 0.269 e. The molecule has 0 N–H and O–H groups in total. The van der Waals surface area contributed by atoms with E-state index in [9.17, 15) is 10.1 Å². The van der Waals surface area contributed by atoms with Crippen molar-refractivity contribution in [2.75, 3.05) is 0 Å². The number of fused-ring (bicyclic) bond motifs is 1. The number of non-ortho nitro benzene ring substituents is 1. The van der Waals surface area contributed by atoms with Crippen LogP contribution < -0.4 is 4.57 Å². The van der Waals surface area contributed by atoms with Crippen LogP contribution in [0, 0.1) is 10.1 Å². The molecule has 0 atom stereocenters. The normalized spacial score (nSPS) is 11.6. The minimum Gasteiger partial charge on any atom is -0.258 e. The molecule has 0 amide bonds. The first-order valence-electron chi connectivity index (χ1n) is 8.20. The van der Waals surface area contributed by atoms with Gasteiger partial charge in [0.25, 0.3) is 5.69 Å². The zero-order valence-corrected chi connectivity index (χ0v) is 14.0. The fraction of sp³-hybridized carbons (Fsp3) is 0.0952. The Kier molecular flexibility index (Phi) is 5.00. The first-order valence-corrected chi connectivity index (χ1v) is 8.20. The van der Waals surface area contributed by atoms with Crippen molar-refractivity contribution in [3.8, 4) is 0 Å². The number of nitrogens with zero attached hydrogens (tertiary/aromatic N) is 2. The molecule has 0 saturated heterocycles. The number of nitro groups is 1. The molecule has 0 aliphatic carbocycles. The Balaban J connectivity index is 1.80. The molecule has 25 heavy (non-hydrogen) atoms. The van der Waals surface area contributed by atoms with Gasteiger partial charge in [-0.3, -0.25) is 10.1 Å². The standard InChI is InChI=1S/C21H19N2O2/c1-2-22-19(16-13-18-8-4-6-10-21(18)22)9-5-3-7-17-11-14-20(15-12-17)23(24)25/h3-16H,2H2,1H3/q+1/b7-3+,9-5+. The highest BCUT2D eigenvalue weighted by molar-refractivity contribution is 5.76. The van der Waals surface area contributed by atoms with Crippen LogP contribution in [0.1, 0.15) is 18.2 Å². The third-order valence-corrected chi connectivity index (χ3v) is 4.06. The van der Waals surface area contributed by atoms with E-state index in [4.69, 9.17) is 0 Å². The summed E-state index contributed by atoms with van der Waals surface area (Å²) in [4.78, 5) is 10.3. The van der Waals surface area contributed by atoms with Gasteiger partial charge in [0.15, 0.2) is 0 Å². The summed E-state index contributed by atoms with van der Waals surface area (Å²) in [6.07, 6.45) is 7.92. The fourth-order valence-electron chi connectivity index (χ4n) is 2.80. The molecule has 0 radical (unpaired) electrons. The predicted octanol–water partition coefficient (Wildman–Crippen LogP) is 4.78. The van der Waals surface area contributed by atoms with Gasteiger partial charge in [0.1, 0.15) is 6.54 Å². The molecular weight excluding hydrogens is 312 g/mol. The van der Waals surface area contributed by atoms with Crippen LogP contribution in [-0.2, 0) is 6.54 Å². The molecule has 0 saturated carbocycles. The van der Waals surface area contributed by atoms with Gasteiger partial charge in [0, 0.05) is 35.7 Å². The van der Waals surface area contributed by atoms with Gasteiger partial charge in [-0.05, 0) is 36.8 Å². The van der Waals surface area contributed by atoms with Gasteiger partial charge in [-0.2, -0.15) is 4.57 Å². The summed E-state index contributed by atoms with van der Waals surface area (Å²) < 4.78 is 2.27. The molecule has 4 heteroatoms. The molecule has 1 heterocycles. The zero-order valence-electron chi connectivity index (χ0n) is 14.0. The Bertz CT molecular complexity index is 957. The minimum absolute atomic E-state index is 0.104. The number of allylic oxidation sites excluding steroid dienone is 2. The van der Waals surface area contributed by atoms with Crippen molar-refractivity contribution in [3.05, 3.63) is 94.2 Å². The van der Waals surface area contributed by atoms with E-state index in [0.717, 1.165) is 17.8 Å². The van der Waals surface area contributed by atoms with Gasteiger partial charge >= 0.3 is 0 Å². The molecule has 0 aliphatic heterocycles.